The Balaban J connectivity index is 1.33. The van der Waals surface area contributed by atoms with Crippen LogP contribution < -0.4 is 9.80 Å². The van der Waals surface area contributed by atoms with Gasteiger partial charge in [0.1, 0.15) is 5.75 Å². The lowest BCUT2D eigenvalue weighted by Crippen LogP contribution is -2.43. The Kier molecular flexibility index (Phi) is 6.77. The zero-order chi connectivity index (χ0) is 30.9. The second-order valence-corrected chi connectivity index (χ2v) is 12.8. The van der Waals surface area contributed by atoms with Gasteiger partial charge in [0.25, 0.3) is 0 Å². The van der Waals surface area contributed by atoms with Crippen molar-refractivity contribution in [3.8, 4) is 5.75 Å². The van der Waals surface area contributed by atoms with Crippen LogP contribution in [0.25, 0.3) is 12.2 Å². The highest BCUT2D eigenvalue weighted by molar-refractivity contribution is 9.10. The average Bonchev–Trinajstić information content (AvgIpc) is 3.45. The Hall–Kier alpha value is -4.56. The van der Waals surface area contributed by atoms with Crippen molar-refractivity contribution in [2.75, 3.05) is 9.80 Å². The summed E-state index contributed by atoms with van der Waals surface area (Å²) in [4.78, 5) is 58.7. The number of anilines is 2. The number of carbonyl (C=O) groups excluding carboxylic acids is 4. The van der Waals surface area contributed by atoms with E-state index in [0.29, 0.717) is 27.8 Å². The molecule has 0 radical (unpaired) electrons. The lowest BCUT2D eigenvalue weighted by molar-refractivity contribution is -0.126. The molecule has 3 aromatic rings. The number of carbonyl (C=O) groups is 4. The number of halogens is 1. The summed E-state index contributed by atoms with van der Waals surface area (Å²) < 4.78 is 0.716. The standard InChI is InChI=1S/C36H29BrN2O5/c1-3-19-5-10-22(11-6-19)38-33(41)25-15-14-24-26(31(25)35(38)43)18-28-32(30(24)27-17-21(37)9-16-29(27)40)36(44)39(34(28)42)23-12-7-20(4-2)8-13-23/h3-14,16-17,25-26,28,30-32,40H,1-2,15,18H2/t25-,26+,28+,30+,31-,32+/m0/s1. The Bertz CT molecular complexity index is 1790. The number of imide groups is 2. The first kappa shape index (κ1) is 28.2. The summed E-state index contributed by atoms with van der Waals surface area (Å²) in [5.41, 5.74) is 4.04. The van der Waals surface area contributed by atoms with Crippen molar-refractivity contribution in [2.24, 2.45) is 29.6 Å². The van der Waals surface area contributed by atoms with Gasteiger partial charge in [-0.1, -0.05) is 77.2 Å². The van der Waals surface area contributed by atoms with Crippen LogP contribution in [0.15, 0.2) is 96.0 Å². The number of phenols is 1. The van der Waals surface area contributed by atoms with Gasteiger partial charge in [-0.25, -0.2) is 0 Å². The third-order valence-corrected chi connectivity index (χ3v) is 10.2. The van der Waals surface area contributed by atoms with E-state index in [1.807, 2.05) is 18.2 Å². The SMILES string of the molecule is C=Cc1ccc(N2C(=O)[C@H]3[C@H](CC=C4[C@H]3C[C@H]3C(=O)N(c5ccc(C=C)cc5)C(=O)[C@H]3[C@H]4c3cc(Br)ccc3O)C2=O)cc1. The van der Waals surface area contributed by atoms with Crippen LogP contribution in [0.3, 0.4) is 0 Å². The number of allylic oxidation sites excluding steroid dienone is 2. The Labute approximate surface area is 263 Å². The van der Waals surface area contributed by atoms with E-state index in [1.165, 1.54) is 9.80 Å². The quantitative estimate of drug-likeness (QED) is 0.252. The van der Waals surface area contributed by atoms with Crippen molar-refractivity contribution >= 4 is 63.1 Å². The van der Waals surface area contributed by atoms with Crippen LogP contribution in [0.5, 0.6) is 5.75 Å². The molecule has 2 aliphatic carbocycles. The molecule has 1 N–H and O–H groups in total. The number of nitrogens with zero attached hydrogens (tertiary/aromatic N) is 2. The van der Waals surface area contributed by atoms with Gasteiger partial charge in [0.05, 0.1) is 35.0 Å². The van der Waals surface area contributed by atoms with Gasteiger partial charge in [0.15, 0.2) is 0 Å². The highest BCUT2D eigenvalue weighted by atomic mass is 79.9. The van der Waals surface area contributed by atoms with E-state index >= 15 is 0 Å². The van der Waals surface area contributed by atoms with Gasteiger partial charge in [-0.3, -0.25) is 29.0 Å². The van der Waals surface area contributed by atoms with Gasteiger partial charge in [0, 0.05) is 16.0 Å². The number of benzene rings is 3. The average molecular weight is 650 g/mol. The highest BCUT2D eigenvalue weighted by Crippen LogP contribution is 2.59. The van der Waals surface area contributed by atoms with Crippen molar-refractivity contribution in [1.82, 2.24) is 0 Å². The van der Waals surface area contributed by atoms with Crippen molar-refractivity contribution in [3.63, 3.8) is 0 Å². The van der Waals surface area contributed by atoms with Crippen molar-refractivity contribution in [1.29, 1.82) is 0 Å². The molecule has 6 atom stereocenters. The molecule has 0 unspecified atom stereocenters. The number of hydrogen-bond acceptors (Lipinski definition) is 5. The first-order chi connectivity index (χ1) is 21.2. The monoisotopic (exact) mass is 648 g/mol. The fraction of sp³-hybridized carbons (Fsp3) is 0.222. The molecular weight excluding hydrogens is 620 g/mol. The fourth-order valence-electron chi connectivity index (χ4n) is 7.74. The largest absolute Gasteiger partial charge is 0.508 e. The first-order valence-corrected chi connectivity index (χ1v) is 15.4. The molecule has 2 saturated heterocycles. The van der Waals surface area contributed by atoms with Crippen molar-refractivity contribution in [3.05, 3.63) is 113 Å². The number of phenolic OH excluding ortho intramolecular Hbond substituents is 1. The zero-order valence-electron chi connectivity index (χ0n) is 23.7. The molecule has 8 heteroatoms. The van der Waals surface area contributed by atoms with E-state index in [9.17, 15) is 24.3 Å². The molecule has 4 aliphatic rings. The minimum Gasteiger partial charge on any atom is -0.508 e. The highest BCUT2D eigenvalue weighted by Gasteiger charge is 2.62. The Morgan fingerprint density at radius 1 is 0.705 bits per heavy atom. The van der Waals surface area contributed by atoms with Gasteiger partial charge in [-0.2, -0.15) is 0 Å². The second kappa shape index (κ2) is 10.6. The van der Waals surface area contributed by atoms with Crippen molar-refractivity contribution < 1.29 is 24.3 Å². The third-order valence-electron chi connectivity index (χ3n) is 9.75. The van der Waals surface area contributed by atoms with E-state index in [-0.39, 0.29) is 35.8 Å². The molecule has 3 fully saturated rings. The molecule has 7 rings (SSSR count). The topological polar surface area (TPSA) is 95.0 Å². The lowest BCUT2D eigenvalue weighted by atomic mass is 9.57. The molecule has 0 aromatic heterocycles. The van der Waals surface area contributed by atoms with Crippen LogP contribution in [-0.4, -0.2) is 28.7 Å². The molecule has 4 amide bonds. The number of amides is 4. The third kappa shape index (κ3) is 4.15. The summed E-state index contributed by atoms with van der Waals surface area (Å²) in [5, 5.41) is 11.1. The van der Waals surface area contributed by atoms with Crippen LogP contribution in [0, 0.1) is 29.6 Å². The van der Waals surface area contributed by atoms with E-state index < -0.39 is 35.5 Å². The van der Waals surface area contributed by atoms with Gasteiger partial charge in [-0.05, 0) is 72.4 Å². The molecular formula is C36H29BrN2O5. The Morgan fingerprint density at radius 2 is 1.25 bits per heavy atom. The number of aromatic hydroxyl groups is 1. The smallest absolute Gasteiger partial charge is 0.238 e. The summed E-state index contributed by atoms with van der Waals surface area (Å²) in [6.45, 7) is 7.55. The van der Waals surface area contributed by atoms with Crippen LogP contribution in [0.2, 0.25) is 0 Å². The van der Waals surface area contributed by atoms with Crippen LogP contribution in [0.4, 0.5) is 11.4 Å². The fourth-order valence-corrected chi connectivity index (χ4v) is 8.12. The van der Waals surface area contributed by atoms with E-state index in [0.717, 1.165) is 16.7 Å². The summed E-state index contributed by atoms with van der Waals surface area (Å²) in [7, 11) is 0. The van der Waals surface area contributed by atoms with E-state index in [1.54, 1.807) is 66.7 Å². The summed E-state index contributed by atoms with van der Waals surface area (Å²) in [6.07, 6.45) is 5.95. The maximum Gasteiger partial charge on any atom is 0.238 e. The minimum atomic E-state index is -0.768. The van der Waals surface area contributed by atoms with E-state index in [4.69, 9.17) is 0 Å². The molecule has 220 valence electrons. The minimum absolute atomic E-state index is 0.00687. The van der Waals surface area contributed by atoms with Gasteiger partial charge in [0.2, 0.25) is 23.6 Å². The van der Waals surface area contributed by atoms with E-state index in [2.05, 4.69) is 29.1 Å². The maximum absolute atomic E-state index is 14.2. The summed E-state index contributed by atoms with van der Waals surface area (Å²) >= 11 is 3.51. The molecule has 0 spiro atoms. The van der Waals surface area contributed by atoms with Gasteiger partial charge >= 0.3 is 0 Å². The molecule has 44 heavy (non-hydrogen) atoms. The summed E-state index contributed by atoms with van der Waals surface area (Å²) in [6, 6.07) is 19.2. The van der Waals surface area contributed by atoms with Crippen molar-refractivity contribution in [2.45, 2.75) is 18.8 Å². The molecule has 2 aliphatic heterocycles. The summed E-state index contributed by atoms with van der Waals surface area (Å²) in [5.74, 6) is -5.06. The van der Waals surface area contributed by atoms with Gasteiger partial charge < -0.3 is 5.11 Å². The number of hydrogen-bond donors (Lipinski definition) is 1. The second-order valence-electron chi connectivity index (χ2n) is 11.8. The van der Waals surface area contributed by atoms with Crippen LogP contribution in [-0.2, 0) is 19.2 Å². The lowest BCUT2D eigenvalue weighted by Gasteiger charge is -2.44. The predicted molar refractivity (Wildman–Crippen MR) is 171 cm³/mol. The predicted octanol–water partition coefficient (Wildman–Crippen LogP) is 6.49. The van der Waals surface area contributed by atoms with Crippen LogP contribution >= 0.6 is 15.9 Å². The molecule has 0 bridgehead atoms. The molecule has 7 nitrogen and oxygen atoms in total. The molecule has 1 saturated carbocycles. The normalized spacial score (nSPS) is 27.5. The molecule has 3 aromatic carbocycles. The first-order valence-electron chi connectivity index (χ1n) is 14.6. The van der Waals surface area contributed by atoms with Gasteiger partial charge in [-0.15, -0.1) is 0 Å². The molecule has 2 heterocycles. The zero-order valence-corrected chi connectivity index (χ0v) is 25.3. The maximum atomic E-state index is 14.2. The Morgan fingerprint density at radius 3 is 1.82 bits per heavy atom. The van der Waals surface area contributed by atoms with Crippen LogP contribution in [0.1, 0.15) is 35.4 Å². The number of fused-ring (bicyclic) bond motifs is 4. The number of rotatable bonds is 5.